The predicted molar refractivity (Wildman–Crippen MR) is 76.3 cm³/mol. The van der Waals surface area contributed by atoms with Gasteiger partial charge in [0.25, 0.3) is 5.91 Å². The number of carbonyl (C=O) groups is 1. The average Bonchev–Trinajstić information content (AvgIpc) is 3.07. The van der Waals surface area contributed by atoms with E-state index in [0.29, 0.717) is 0 Å². The van der Waals surface area contributed by atoms with Gasteiger partial charge in [-0.3, -0.25) is 14.8 Å². The molecule has 1 saturated carbocycles. The van der Waals surface area contributed by atoms with E-state index in [-0.39, 0.29) is 5.91 Å². The zero-order valence-electron chi connectivity index (χ0n) is 11.3. The molecule has 2 heterocycles. The fourth-order valence-corrected chi connectivity index (χ4v) is 3.68. The van der Waals surface area contributed by atoms with Gasteiger partial charge in [0.05, 0.1) is 11.0 Å². The maximum Gasteiger partial charge on any atom is 0.253 e. The minimum Gasteiger partial charge on any atom is -0.338 e. The van der Waals surface area contributed by atoms with Gasteiger partial charge in [-0.2, -0.15) is 0 Å². The van der Waals surface area contributed by atoms with Gasteiger partial charge in [-0.25, -0.2) is 0 Å². The lowest BCUT2D eigenvalue weighted by atomic mass is 10.0. The first kappa shape index (κ1) is 11.8. The van der Waals surface area contributed by atoms with Crippen LogP contribution in [0.25, 0.3) is 11.0 Å². The Morgan fingerprint density at radius 1 is 1.05 bits per heavy atom. The Kier molecular flexibility index (Phi) is 2.69. The summed E-state index contributed by atoms with van der Waals surface area (Å²) in [5.41, 5.74) is 2.36. The summed E-state index contributed by atoms with van der Waals surface area (Å²) >= 11 is 0. The molecular weight excluding hydrogens is 250 g/mol. The molecule has 0 radical (unpaired) electrons. The Hall–Kier alpha value is -1.97. The van der Waals surface area contributed by atoms with Gasteiger partial charge in [0.15, 0.2) is 0 Å². The number of nitrogens with zero attached hydrogens (tertiary/aromatic N) is 3. The third kappa shape index (κ3) is 1.87. The van der Waals surface area contributed by atoms with E-state index < -0.39 is 0 Å². The van der Waals surface area contributed by atoms with Crippen LogP contribution in [0.3, 0.4) is 0 Å². The molecule has 0 spiro atoms. The van der Waals surface area contributed by atoms with Gasteiger partial charge in [-0.05, 0) is 42.9 Å². The molecule has 1 aliphatic heterocycles. The van der Waals surface area contributed by atoms with Crippen LogP contribution >= 0.6 is 0 Å². The van der Waals surface area contributed by atoms with Crippen molar-refractivity contribution in [3.8, 4) is 0 Å². The first-order valence-corrected chi connectivity index (χ1v) is 7.31. The minimum absolute atomic E-state index is 0.145. The summed E-state index contributed by atoms with van der Waals surface area (Å²) in [6.45, 7) is 1.87. The monoisotopic (exact) mass is 267 g/mol. The van der Waals surface area contributed by atoms with Crippen LogP contribution in [0.2, 0.25) is 0 Å². The summed E-state index contributed by atoms with van der Waals surface area (Å²) in [5.74, 6) is 1.62. The van der Waals surface area contributed by atoms with Crippen molar-refractivity contribution < 1.29 is 4.79 Å². The number of carbonyl (C=O) groups excluding carboxylic acids is 1. The van der Waals surface area contributed by atoms with Crippen LogP contribution in [0.4, 0.5) is 0 Å². The van der Waals surface area contributed by atoms with Crippen molar-refractivity contribution in [2.75, 3.05) is 13.1 Å². The molecule has 4 nitrogen and oxygen atoms in total. The van der Waals surface area contributed by atoms with Crippen molar-refractivity contribution in [1.29, 1.82) is 0 Å². The quantitative estimate of drug-likeness (QED) is 0.797. The summed E-state index contributed by atoms with van der Waals surface area (Å²) < 4.78 is 0. The number of aromatic nitrogens is 2. The maximum absolute atomic E-state index is 12.6. The number of hydrogen-bond donors (Lipinski definition) is 0. The molecule has 1 aliphatic carbocycles. The summed E-state index contributed by atoms with van der Waals surface area (Å²) in [4.78, 5) is 23.1. The van der Waals surface area contributed by atoms with Crippen molar-refractivity contribution in [2.24, 2.45) is 11.8 Å². The van der Waals surface area contributed by atoms with Crippen molar-refractivity contribution >= 4 is 16.9 Å². The second kappa shape index (κ2) is 4.54. The van der Waals surface area contributed by atoms with Crippen LogP contribution in [0.15, 0.2) is 30.6 Å². The topological polar surface area (TPSA) is 46.1 Å². The molecule has 2 atom stereocenters. The number of benzene rings is 1. The highest BCUT2D eigenvalue weighted by molar-refractivity contribution is 5.97. The van der Waals surface area contributed by atoms with E-state index in [1.54, 1.807) is 12.4 Å². The van der Waals surface area contributed by atoms with E-state index in [4.69, 9.17) is 0 Å². The van der Waals surface area contributed by atoms with Crippen LogP contribution in [0.5, 0.6) is 0 Å². The largest absolute Gasteiger partial charge is 0.338 e. The Morgan fingerprint density at radius 3 is 2.50 bits per heavy atom. The highest BCUT2D eigenvalue weighted by Gasteiger charge is 2.38. The number of rotatable bonds is 1. The van der Waals surface area contributed by atoms with E-state index in [2.05, 4.69) is 9.97 Å². The van der Waals surface area contributed by atoms with Gasteiger partial charge in [-0.15, -0.1) is 0 Å². The molecule has 2 unspecified atom stereocenters. The molecule has 2 fully saturated rings. The molecule has 1 amide bonds. The van der Waals surface area contributed by atoms with Crippen LogP contribution < -0.4 is 0 Å². The van der Waals surface area contributed by atoms with E-state index in [1.165, 1.54) is 19.3 Å². The SMILES string of the molecule is O=C(c1ccc2nccnc2c1)N1CC2CCCC2C1. The van der Waals surface area contributed by atoms with Gasteiger partial charge >= 0.3 is 0 Å². The fraction of sp³-hybridized carbons (Fsp3) is 0.438. The third-order valence-electron chi connectivity index (χ3n) is 4.73. The van der Waals surface area contributed by atoms with Gasteiger partial charge < -0.3 is 4.90 Å². The summed E-state index contributed by atoms with van der Waals surface area (Å²) in [7, 11) is 0. The lowest BCUT2D eigenvalue weighted by molar-refractivity contribution is 0.0781. The first-order chi connectivity index (χ1) is 9.81. The lowest BCUT2D eigenvalue weighted by Gasteiger charge is -2.17. The van der Waals surface area contributed by atoms with E-state index in [9.17, 15) is 4.79 Å². The van der Waals surface area contributed by atoms with Crippen LogP contribution in [-0.2, 0) is 0 Å². The van der Waals surface area contributed by atoms with Gasteiger partial charge in [0, 0.05) is 31.0 Å². The van der Waals surface area contributed by atoms with Gasteiger partial charge in [-0.1, -0.05) is 6.42 Å². The Bertz CT molecular complexity index is 658. The molecule has 2 aliphatic rings. The van der Waals surface area contributed by atoms with Crippen molar-refractivity contribution in [3.63, 3.8) is 0 Å². The first-order valence-electron chi connectivity index (χ1n) is 7.31. The number of fused-ring (bicyclic) bond motifs is 2. The molecule has 0 N–H and O–H groups in total. The summed E-state index contributed by atoms with van der Waals surface area (Å²) in [6.07, 6.45) is 7.25. The molecule has 1 saturated heterocycles. The molecule has 2 aromatic rings. The van der Waals surface area contributed by atoms with E-state index >= 15 is 0 Å². The van der Waals surface area contributed by atoms with E-state index in [0.717, 1.165) is 41.5 Å². The Labute approximate surface area is 117 Å². The van der Waals surface area contributed by atoms with Gasteiger partial charge in [0.2, 0.25) is 0 Å². The standard InChI is InChI=1S/C16H17N3O/c20-16(19-9-12-2-1-3-13(12)10-19)11-4-5-14-15(8-11)18-7-6-17-14/h4-8,12-13H,1-3,9-10H2. The van der Waals surface area contributed by atoms with Crippen LogP contribution in [-0.4, -0.2) is 33.9 Å². The molecule has 1 aromatic heterocycles. The second-order valence-corrected chi connectivity index (χ2v) is 5.92. The van der Waals surface area contributed by atoms with Crippen LogP contribution in [0, 0.1) is 11.8 Å². The molecule has 0 bridgehead atoms. The zero-order chi connectivity index (χ0) is 13.5. The smallest absolute Gasteiger partial charge is 0.253 e. The molecule has 4 rings (SSSR count). The number of likely N-dealkylation sites (tertiary alicyclic amines) is 1. The summed E-state index contributed by atoms with van der Waals surface area (Å²) in [6, 6.07) is 5.61. The third-order valence-corrected chi connectivity index (χ3v) is 4.73. The molecule has 1 aromatic carbocycles. The second-order valence-electron chi connectivity index (χ2n) is 5.92. The minimum atomic E-state index is 0.145. The molecule has 4 heteroatoms. The van der Waals surface area contributed by atoms with E-state index in [1.807, 2.05) is 23.1 Å². The lowest BCUT2D eigenvalue weighted by Crippen LogP contribution is -2.29. The molecule has 102 valence electrons. The van der Waals surface area contributed by atoms with Crippen molar-refractivity contribution in [1.82, 2.24) is 14.9 Å². The number of hydrogen-bond acceptors (Lipinski definition) is 3. The van der Waals surface area contributed by atoms with Crippen LogP contribution in [0.1, 0.15) is 29.6 Å². The molecule has 20 heavy (non-hydrogen) atoms. The predicted octanol–water partition coefficient (Wildman–Crippen LogP) is 2.50. The average molecular weight is 267 g/mol. The highest BCUT2D eigenvalue weighted by atomic mass is 16.2. The highest BCUT2D eigenvalue weighted by Crippen LogP contribution is 2.38. The Morgan fingerprint density at radius 2 is 1.75 bits per heavy atom. The van der Waals surface area contributed by atoms with Gasteiger partial charge in [0.1, 0.15) is 0 Å². The Balaban J connectivity index is 1.61. The fourth-order valence-electron chi connectivity index (χ4n) is 3.68. The van der Waals surface area contributed by atoms with Crippen molar-refractivity contribution in [3.05, 3.63) is 36.2 Å². The molecular formula is C16H17N3O. The number of amides is 1. The zero-order valence-corrected chi connectivity index (χ0v) is 11.3. The van der Waals surface area contributed by atoms with Crippen molar-refractivity contribution in [2.45, 2.75) is 19.3 Å². The summed E-state index contributed by atoms with van der Waals surface area (Å²) in [5, 5.41) is 0. The normalized spacial score (nSPS) is 25.1. The maximum atomic E-state index is 12.6.